The number of amides is 3. The van der Waals surface area contributed by atoms with E-state index in [1.165, 1.54) is 0 Å². The fourth-order valence-electron chi connectivity index (χ4n) is 7.66. The number of hydrogen-bond acceptors (Lipinski definition) is 5. The topological polar surface area (TPSA) is 91.0 Å². The van der Waals surface area contributed by atoms with Crippen LogP contribution in [0.3, 0.4) is 0 Å². The highest BCUT2D eigenvalue weighted by Gasteiger charge is 2.72. The Hall–Kier alpha value is -2.91. The predicted molar refractivity (Wildman–Crippen MR) is 171 cm³/mol. The van der Waals surface area contributed by atoms with Gasteiger partial charge in [-0.15, -0.1) is 0 Å². The number of likely N-dealkylation sites (N-methyl/N-ethyl adjacent to an activating group) is 1. The number of carbonyl (C=O) groups is 3. The molecule has 3 aliphatic heterocycles. The second-order valence-electron chi connectivity index (χ2n) is 13.0. The first-order chi connectivity index (χ1) is 21.1. The van der Waals surface area contributed by atoms with Gasteiger partial charge in [0.25, 0.3) is 0 Å². The molecule has 6 rings (SSSR count). The fraction of sp³-hybridized carbons (Fsp3) is 0.500. The molecule has 1 saturated carbocycles. The molecule has 234 valence electrons. The van der Waals surface area contributed by atoms with Gasteiger partial charge in [0, 0.05) is 41.4 Å². The van der Waals surface area contributed by atoms with Crippen molar-refractivity contribution < 1.29 is 19.1 Å². The molecule has 2 saturated heterocycles. The number of halogens is 2. The number of rotatable bonds is 9. The molecule has 3 heterocycles. The minimum absolute atomic E-state index is 0.0219. The summed E-state index contributed by atoms with van der Waals surface area (Å²) in [5.41, 5.74) is 0.380. The quantitative estimate of drug-likeness (QED) is 0.371. The van der Waals surface area contributed by atoms with Gasteiger partial charge in [-0.3, -0.25) is 14.4 Å². The number of benzene rings is 2. The van der Waals surface area contributed by atoms with Crippen molar-refractivity contribution in [2.75, 3.05) is 25.5 Å². The molecule has 2 N–H and O–H groups in total. The van der Waals surface area contributed by atoms with Gasteiger partial charge in [0.15, 0.2) is 0 Å². The molecule has 2 bridgehead atoms. The van der Waals surface area contributed by atoms with Gasteiger partial charge in [-0.1, -0.05) is 92.4 Å². The van der Waals surface area contributed by atoms with E-state index in [4.69, 9.17) is 27.9 Å². The van der Waals surface area contributed by atoms with Crippen LogP contribution in [-0.2, 0) is 25.7 Å². The zero-order chi connectivity index (χ0) is 31.2. The van der Waals surface area contributed by atoms with Gasteiger partial charge in [0.2, 0.25) is 17.7 Å². The highest BCUT2D eigenvalue weighted by molar-refractivity contribution is 6.35. The van der Waals surface area contributed by atoms with Gasteiger partial charge in [0.1, 0.15) is 11.6 Å². The normalized spacial score (nSPS) is 32.3. The third kappa shape index (κ3) is 5.78. The maximum absolute atomic E-state index is 14.3. The van der Waals surface area contributed by atoms with Crippen LogP contribution in [0, 0.1) is 23.7 Å². The number of likely N-dealkylation sites (tertiary alicyclic amines) is 1. The van der Waals surface area contributed by atoms with Crippen molar-refractivity contribution in [3.63, 3.8) is 0 Å². The van der Waals surface area contributed by atoms with Crippen LogP contribution in [0.2, 0.25) is 10.0 Å². The molecule has 8 atom stereocenters. The number of nitrogens with zero attached hydrogens (tertiary/aromatic N) is 2. The van der Waals surface area contributed by atoms with E-state index in [9.17, 15) is 14.4 Å². The molecule has 1 aliphatic carbocycles. The summed E-state index contributed by atoms with van der Waals surface area (Å²) in [6, 6.07) is 14.1. The minimum Gasteiger partial charge on any atom is -0.359 e. The van der Waals surface area contributed by atoms with Crippen LogP contribution in [0.4, 0.5) is 5.69 Å². The summed E-state index contributed by atoms with van der Waals surface area (Å²) in [5, 5.41) is 6.98. The summed E-state index contributed by atoms with van der Waals surface area (Å²) in [4.78, 5) is 46.2. The molecule has 0 radical (unpaired) electrons. The van der Waals surface area contributed by atoms with Crippen LogP contribution in [0.1, 0.15) is 38.7 Å². The Kier molecular flexibility index (Phi) is 8.81. The lowest BCUT2D eigenvalue weighted by Crippen LogP contribution is -2.58. The zero-order valence-corrected chi connectivity index (χ0v) is 26.9. The molecular formula is C34H40Cl2N4O4. The molecule has 2 aromatic carbocycles. The average Bonchev–Trinajstić information content (AvgIpc) is 3.61. The number of anilines is 1. The molecular weight excluding hydrogens is 599 g/mol. The first-order valence-corrected chi connectivity index (χ1v) is 16.3. The van der Waals surface area contributed by atoms with Crippen molar-refractivity contribution in [2.45, 2.75) is 63.4 Å². The van der Waals surface area contributed by atoms with E-state index in [0.717, 1.165) is 24.8 Å². The summed E-state index contributed by atoms with van der Waals surface area (Å²) in [7, 11) is 2.00. The van der Waals surface area contributed by atoms with E-state index >= 15 is 0 Å². The molecule has 4 aliphatic rings. The van der Waals surface area contributed by atoms with Crippen molar-refractivity contribution in [3.8, 4) is 0 Å². The van der Waals surface area contributed by atoms with E-state index in [2.05, 4.69) is 41.5 Å². The molecule has 3 fully saturated rings. The van der Waals surface area contributed by atoms with Crippen LogP contribution >= 0.6 is 23.2 Å². The number of ether oxygens (including phenoxy) is 1. The van der Waals surface area contributed by atoms with Crippen molar-refractivity contribution in [1.29, 1.82) is 0 Å². The first kappa shape index (κ1) is 31.1. The Morgan fingerprint density at radius 1 is 1.07 bits per heavy atom. The standard InChI is InChI=1S/C34H40Cl2N4O4/c1-20-8-7-11-26(21(20)2)38-32(42)30-34-13-12-27(44-34)28(31(41)37-25-17-23(35)16-24(36)18-25)29(34)33(43)40(30)15-14-39(3)19-22-9-5-4-6-10-22/h4-6,9-10,12-13,16-18,20-21,26-30H,7-8,11,14-15,19H2,1-3H3,(H,37,41)(H,38,42)/t20?,21?,26?,27-,28?,29-,30?,34?/m0/s1. The smallest absolute Gasteiger partial charge is 0.246 e. The highest BCUT2D eigenvalue weighted by Crippen LogP contribution is 2.55. The zero-order valence-electron chi connectivity index (χ0n) is 25.3. The predicted octanol–water partition coefficient (Wildman–Crippen LogP) is 5.16. The largest absolute Gasteiger partial charge is 0.359 e. The van der Waals surface area contributed by atoms with Crippen molar-refractivity contribution >= 4 is 46.6 Å². The molecule has 8 nitrogen and oxygen atoms in total. The van der Waals surface area contributed by atoms with Crippen LogP contribution in [0.25, 0.3) is 0 Å². The molecule has 2 aromatic rings. The van der Waals surface area contributed by atoms with Crippen molar-refractivity contribution in [1.82, 2.24) is 15.1 Å². The van der Waals surface area contributed by atoms with Gasteiger partial charge < -0.3 is 25.2 Å². The van der Waals surface area contributed by atoms with Crippen LogP contribution in [0.15, 0.2) is 60.7 Å². The third-order valence-corrected chi connectivity index (χ3v) is 10.5. The van der Waals surface area contributed by atoms with E-state index in [-0.39, 0.29) is 23.8 Å². The van der Waals surface area contributed by atoms with Gasteiger partial charge in [-0.25, -0.2) is 0 Å². The van der Waals surface area contributed by atoms with Crippen LogP contribution in [-0.4, -0.2) is 71.4 Å². The molecule has 44 heavy (non-hydrogen) atoms. The number of fused-ring (bicyclic) bond motifs is 1. The Balaban J connectivity index is 1.27. The molecule has 1 spiro atoms. The van der Waals surface area contributed by atoms with Crippen LogP contribution in [0.5, 0.6) is 0 Å². The van der Waals surface area contributed by atoms with Gasteiger partial charge in [-0.05, 0) is 49.1 Å². The Bertz CT molecular complexity index is 1430. The molecule has 10 heteroatoms. The molecule has 6 unspecified atom stereocenters. The maximum atomic E-state index is 14.3. The van der Waals surface area contributed by atoms with Crippen molar-refractivity contribution in [2.24, 2.45) is 23.7 Å². The van der Waals surface area contributed by atoms with E-state index in [1.54, 1.807) is 23.1 Å². The number of carbonyl (C=O) groups excluding carboxylic acids is 3. The van der Waals surface area contributed by atoms with E-state index in [1.807, 2.05) is 37.4 Å². The maximum Gasteiger partial charge on any atom is 0.246 e. The van der Waals surface area contributed by atoms with Crippen molar-refractivity contribution in [3.05, 3.63) is 76.3 Å². The summed E-state index contributed by atoms with van der Waals surface area (Å²) in [6.07, 6.45) is 6.16. The Morgan fingerprint density at radius 2 is 1.80 bits per heavy atom. The number of hydrogen-bond donors (Lipinski definition) is 2. The third-order valence-electron chi connectivity index (χ3n) is 10.1. The lowest BCUT2D eigenvalue weighted by Gasteiger charge is -2.38. The minimum atomic E-state index is -1.22. The average molecular weight is 640 g/mol. The Morgan fingerprint density at radius 3 is 2.52 bits per heavy atom. The van der Waals surface area contributed by atoms with Gasteiger partial charge in [-0.2, -0.15) is 0 Å². The summed E-state index contributed by atoms with van der Waals surface area (Å²) >= 11 is 12.3. The fourth-order valence-corrected chi connectivity index (χ4v) is 8.19. The van der Waals surface area contributed by atoms with Gasteiger partial charge in [0.05, 0.1) is 17.9 Å². The van der Waals surface area contributed by atoms with Crippen LogP contribution < -0.4 is 10.6 Å². The summed E-state index contributed by atoms with van der Waals surface area (Å²) in [5.74, 6) is -1.63. The van der Waals surface area contributed by atoms with Gasteiger partial charge >= 0.3 is 0 Å². The van der Waals surface area contributed by atoms with E-state index < -0.39 is 29.6 Å². The summed E-state index contributed by atoms with van der Waals surface area (Å²) in [6.45, 7) is 6.00. The second kappa shape index (κ2) is 12.5. The second-order valence-corrected chi connectivity index (χ2v) is 13.9. The monoisotopic (exact) mass is 638 g/mol. The van der Waals surface area contributed by atoms with E-state index in [0.29, 0.717) is 47.2 Å². The highest BCUT2D eigenvalue weighted by atomic mass is 35.5. The molecule has 3 amide bonds. The SMILES string of the molecule is CC1CCCC(NC(=O)C2N(CCN(C)Cc3ccccc3)C(=O)[C@@H]3C(C(=O)Nc4cc(Cl)cc(Cl)c4)[C@@H]4C=CC23O4)C1C. The number of nitrogens with one attached hydrogen (secondary N) is 2. The molecule has 0 aromatic heterocycles. The lowest BCUT2D eigenvalue weighted by molar-refractivity contribution is -0.141. The summed E-state index contributed by atoms with van der Waals surface area (Å²) < 4.78 is 6.52. The Labute approximate surface area is 269 Å². The first-order valence-electron chi connectivity index (χ1n) is 15.5. The lowest BCUT2D eigenvalue weighted by atomic mass is 9.73.